The molecule has 7 nitrogen and oxygen atoms in total. The van der Waals surface area contributed by atoms with Crippen LogP contribution in [0.3, 0.4) is 0 Å². The van der Waals surface area contributed by atoms with Crippen LogP contribution in [0.2, 0.25) is 5.02 Å². The highest BCUT2D eigenvalue weighted by Crippen LogP contribution is 2.32. The van der Waals surface area contributed by atoms with Crippen molar-refractivity contribution in [3.63, 3.8) is 0 Å². The third-order valence-corrected chi connectivity index (χ3v) is 5.76. The van der Waals surface area contributed by atoms with Crippen LogP contribution in [0.5, 0.6) is 0 Å². The van der Waals surface area contributed by atoms with Crippen molar-refractivity contribution >= 4 is 40.0 Å². The number of nitrogens with one attached hydrogen (secondary N) is 1. The smallest absolute Gasteiger partial charge is 0.259 e. The molecule has 1 aromatic carbocycles. The maximum absolute atomic E-state index is 13.4. The summed E-state index contributed by atoms with van der Waals surface area (Å²) in [6.45, 7) is 9.60. The van der Waals surface area contributed by atoms with Gasteiger partial charge in [0.05, 0.1) is 28.0 Å². The van der Waals surface area contributed by atoms with E-state index in [-0.39, 0.29) is 11.8 Å². The topological polar surface area (TPSA) is 74.5 Å². The Morgan fingerprint density at radius 2 is 1.93 bits per heavy atom. The molecule has 158 valence electrons. The number of piperazine rings is 1. The minimum absolute atomic E-state index is 0.151. The van der Waals surface area contributed by atoms with Crippen LogP contribution in [0.25, 0.3) is 11.1 Å². The lowest BCUT2D eigenvalue weighted by atomic mass is 10.0. The molecule has 8 heteroatoms. The Kier molecular flexibility index (Phi) is 5.66. The monoisotopic (exact) mass is 427 g/mol. The summed E-state index contributed by atoms with van der Waals surface area (Å²) in [5.41, 5.74) is 3.98. The lowest BCUT2D eigenvalue weighted by Gasteiger charge is -2.35. The van der Waals surface area contributed by atoms with Crippen LogP contribution in [0.1, 0.15) is 41.5 Å². The normalized spacial score (nSPS) is 15.2. The quantitative estimate of drug-likeness (QED) is 0.668. The first-order valence-corrected chi connectivity index (χ1v) is 10.5. The first kappa shape index (κ1) is 20.6. The van der Waals surface area contributed by atoms with Crippen LogP contribution in [0.15, 0.2) is 28.8 Å². The molecule has 4 rings (SSSR count). The van der Waals surface area contributed by atoms with Crippen LogP contribution < -0.4 is 10.2 Å². The van der Waals surface area contributed by atoms with Crippen molar-refractivity contribution in [2.75, 3.05) is 43.4 Å². The number of likely N-dealkylation sites (N-methyl/N-ethyl adjacent to an activating group) is 1. The predicted molar refractivity (Wildman–Crippen MR) is 120 cm³/mol. The molecular weight excluding hydrogens is 402 g/mol. The fraction of sp³-hybridized carbons (Fsp3) is 0.409. The Labute approximate surface area is 181 Å². The summed E-state index contributed by atoms with van der Waals surface area (Å²) in [6.07, 6.45) is 0. The number of amides is 1. The van der Waals surface area contributed by atoms with E-state index >= 15 is 0 Å². The third-order valence-electron chi connectivity index (χ3n) is 5.52. The molecule has 1 aliphatic rings. The van der Waals surface area contributed by atoms with Gasteiger partial charge >= 0.3 is 0 Å². The second-order valence-electron chi connectivity index (χ2n) is 8.10. The molecule has 1 N–H and O–H groups in total. The summed E-state index contributed by atoms with van der Waals surface area (Å²) in [6, 6.07) is 7.45. The Bertz CT molecular complexity index is 1090. The molecule has 0 bridgehead atoms. The molecule has 3 heterocycles. The van der Waals surface area contributed by atoms with Gasteiger partial charge in [-0.25, -0.2) is 4.98 Å². The maximum atomic E-state index is 13.4. The van der Waals surface area contributed by atoms with E-state index in [0.29, 0.717) is 33.1 Å². The molecule has 0 unspecified atom stereocenters. The Hall–Kier alpha value is -2.64. The molecule has 0 radical (unpaired) electrons. The van der Waals surface area contributed by atoms with Crippen LogP contribution in [-0.4, -0.2) is 54.2 Å². The number of anilines is 2. The average Bonchev–Trinajstić information content (AvgIpc) is 3.09. The number of benzene rings is 1. The van der Waals surface area contributed by atoms with Gasteiger partial charge in [-0.2, -0.15) is 0 Å². The number of hydrogen-bond acceptors (Lipinski definition) is 6. The summed E-state index contributed by atoms with van der Waals surface area (Å²) in [5, 5.41) is 8.30. The molecule has 30 heavy (non-hydrogen) atoms. The van der Waals surface area contributed by atoms with Crippen molar-refractivity contribution in [1.29, 1.82) is 0 Å². The summed E-state index contributed by atoms with van der Waals surface area (Å²) in [4.78, 5) is 22.5. The SMILES string of the molecule is Cc1noc2nc(C(C)C)cc(C(=O)Nc3cc(Cl)ccc3N3CCN(C)CC3)c12. The molecule has 1 aliphatic heterocycles. The number of aryl methyl sites for hydroxylation is 1. The van der Waals surface area contributed by atoms with Gasteiger partial charge in [0.25, 0.3) is 11.6 Å². The first-order valence-electron chi connectivity index (χ1n) is 10.1. The van der Waals surface area contributed by atoms with E-state index in [9.17, 15) is 4.79 Å². The lowest BCUT2D eigenvalue weighted by molar-refractivity contribution is 0.102. The molecule has 0 spiro atoms. The number of pyridine rings is 1. The number of carbonyl (C=O) groups excluding carboxylic acids is 1. The average molecular weight is 428 g/mol. The minimum atomic E-state index is -0.228. The van der Waals surface area contributed by atoms with E-state index in [1.807, 2.05) is 39.0 Å². The molecule has 1 saturated heterocycles. The van der Waals surface area contributed by atoms with Crippen LogP contribution >= 0.6 is 11.6 Å². The van der Waals surface area contributed by atoms with Gasteiger partial charge in [-0.1, -0.05) is 30.6 Å². The number of fused-ring (bicyclic) bond motifs is 1. The second kappa shape index (κ2) is 8.24. The summed E-state index contributed by atoms with van der Waals surface area (Å²) in [7, 11) is 2.12. The van der Waals surface area contributed by atoms with Crippen molar-refractivity contribution < 1.29 is 9.32 Å². The summed E-state index contributed by atoms with van der Waals surface area (Å²) < 4.78 is 5.35. The van der Waals surface area contributed by atoms with E-state index < -0.39 is 0 Å². The second-order valence-corrected chi connectivity index (χ2v) is 8.54. The van der Waals surface area contributed by atoms with Gasteiger partial charge in [0.15, 0.2) is 0 Å². The third kappa shape index (κ3) is 4.00. The van der Waals surface area contributed by atoms with Gasteiger partial charge in [0, 0.05) is 36.9 Å². The van der Waals surface area contributed by atoms with Gasteiger partial charge in [-0.15, -0.1) is 0 Å². The number of hydrogen-bond donors (Lipinski definition) is 1. The summed E-state index contributed by atoms with van der Waals surface area (Å²) in [5.74, 6) is -0.0772. The Morgan fingerprint density at radius 3 is 2.63 bits per heavy atom. The van der Waals surface area contributed by atoms with Crippen LogP contribution in [0.4, 0.5) is 11.4 Å². The van der Waals surface area contributed by atoms with Crippen molar-refractivity contribution in [1.82, 2.24) is 15.0 Å². The summed E-state index contributed by atoms with van der Waals surface area (Å²) >= 11 is 6.26. The number of rotatable bonds is 4. The highest BCUT2D eigenvalue weighted by Gasteiger charge is 2.22. The van der Waals surface area contributed by atoms with Crippen LogP contribution in [-0.2, 0) is 0 Å². The molecule has 0 atom stereocenters. The lowest BCUT2D eigenvalue weighted by Crippen LogP contribution is -2.44. The van der Waals surface area contributed by atoms with Crippen molar-refractivity contribution in [2.24, 2.45) is 0 Å². The molecule has 0 aliphatic carbocycles. The number of aromatic nitrogens is 2. The molecular formula is C22H26ClN5O2. The fourth-order valence-corrected chi connectivity index (χ4v) is 3.88. The number of halogens is 1. The van der Waals surface area contributed by atoms with E-state index in [1.54, 1.807) is 6.07 Å². The number of carbonyl (C=O) groups is 1. The maximum Gasteiger partial charge on any atom is 0.259 e. The molecule has 0 saturated carbocycles. The minimum Gasteiger partial charge on any atom is -0.367 e. The largest absolute Gasteiger partial charge is 0.367 e. The van der Waals surface area contributed by atoms with Crippen molar-refractivity contribution in [3.05, 3.63) is 46.2 Å². The van der Waals surface area contributed by atoms with Gasteiger partial charge < -0.3 is 19.6 Å². The van der Waals surface area contributed by atoms with E-state index in [1.165, 1.54) is 0 Å². The van der Waals surface area contributed by atoms with E-state index in [2.05, 4.69) is 32.3 Å². The van der Waals surface area contributed by atoms with Crippen LogP contribution in [0, 0.1) is 6.92 Å². The zero-order valence-corrected chi connectivity index (χ0v) is 18.5. The van der Waals surface area contributed by atoms with Gasteiger partial charge in [-0.3, -0.25) is 4.79 Å². The fourth-order valence-electron chi connectivity index (χ4n) is 3.71. The zero-order valence-electron chi connectivity index (χ0n) is 17.7. The predicted octanol–water partition coefficient (Wildman–Crippen LogP) is 4.31. The van der Waals surface area contributed by atoms with Gasteiger partial charge in [0.1, 0.15) is 0 Å². The van der Waals surface area contributed by atoms with Crippen molar-refractivity contribution in [3.8, 4) is 0 Å². The molecule has 2 aromatic heterocycles. The standard InChI is InChI=1S/C22H26ClN5O2/c1-13(2)17-12-16(20-14(3)26-30-22(20)25-17)21(29)24-18-11-15(23)5-6-19(18)28-9-7-27(4)8-10-28/h5-6,11-13H,7-10H2,1-4H3,(H,24,29). The molecule has 3 aromatic rings. The van der Waals surface area contributed by atoms with Gasteiger partial charge in [0.2, 0.25) is 0 Å². The first-order chi connectivity index (χ1) is 14.3. The highest BCUT2D eigenvalue weighted by molar-refractivity contribution is 6.31. The van der Waals surface area contributed by atoms with E-state index in [4.69, 9.17) is 16.1 Å². The van der Waals surface area contributed by atoms with Crippen molar-refractivity contribution in [2.45, 2.75) is 26.7 Å². The Balaban J connectivity index is 1.71. The Morgan fingerprint density at radius 1 is 1.20 bits per heavy atom. The van der Waals surface area contributed by atoms with Gasteiger partial charge in [-0.05, 0) is 44.2 Å². The molecule has 1 amide bonds. The zero-order chi connectivity index (χ0) is 21.4. The van der Waals surface area contributed by atoms with E-state index in [0.717, 1.165) is 37.6 Å². The highest BCUT2D eigenvalue weighted by atomic mass is 35.5. The number of nitrogens with zero attached hydrogens (tertiary/aromatic N) is 4. The molecule has 1 fully saturated rings.